The molecule has 3 aromatic rings. The molecule has 0 spiro atoms. The average Bonchev–Trinajstić information content (AvgIpc) is 2.75. The van der Waals surface area contributed by atoms with Crippen LogP contribution in [0.15, 0.2) is 71.6 Å². The minimum Gasteiger partial charge on any atom is -0.321 e. The number of hydrogen-bond acceptors (Lipinski definition) is 3. The number of nitrogens with zero attached hydrogens (tertiary/aromatic N) is 1. The number of anilines is 1. The van der Waals surface area contributed by atoms with Gasteiger partial charge in [-0.25, -0.2) is 8.42 Å². The van der Waals surface area contributed by atoms with Crippen molar-refractivity contribution in [2.45, 2.75) is 17.9 Å². The number of benzene rings is 3. The van der Waals surface area contributed by atoms with Crippen molar-refractivity contribution in [2.24, 2.45) is 0 Å². The number of halogens is 2. The van der Waals surface area contributed by atoms with Gasteiger partial charge in [0.2, 0.25) is 10.0 Å². The second-order valence-corrected chi connectivity index (χ2v) is 9.74. The van der Waals surface area contributed by atoms with Crippen molar-refractivity contribution in [2.75, 3.05) is 11.9 Å². The molecule has 0 radical (unpaired) electrons. The van der Waals surface area contributed by atoms with Gasteiger partial charge in [-0.2, -0.15) is 4.31 Å². The van der Waals surface area contributed by atoms with E-state index in [0.29, 0.717) is 35.2 Å². The number of nitrogens with one attached hydrogen (secondary N) is 1. The van der Waals surface area contributed by atoms with Gasteiger partial charge >= 0.3 is 0 Å². The Morgan fingerprint density at radius 2 is 1.70 bits per heavy atom. The van der Waals surface area contributed by atoms with Crippen LogP contribution in [0.5, 0.6) is 0 Å². The van der Waals surface area contributed by atoms with Gasteiger partial charge in [0.25, 0.3) is 5.91 Å². The van der Waals surface area contributed by atoms with Gasteiger partial charge in [0.15, 0.2) is 0 Å². The number of sulfonamides is 1. The van der Waals surface area contributed by atoms with E-state index < -0.39 is 15.9 Å². The highest BCUT2D eigenvalue weighted by atomic mass is 35.5. The van der Waals surface area contributed by atoms with Gasteiger partial charge in [0.05, 0.1) is 15.6 Å². The first kappa shape index (κ1) is 20.9. The quantitative estimate of drug-likeness (QED) is 0.595. The molecule has 3 aromatic carbocycles. The van der Waals surface area contributed by atoms with Crippen LogP contribution in [-0.2, 0) is 23.0 Å². The van der Waals surface area contributed by atoms with Crippen molar-refractivity contribution < 1.29 is 13.2 Å². The SMILES string of the molecule is O=C(Nc1ccc(Cl)cc1Cl)c1cccc(S(=O)(=O)N2CCc3ccccc3C2)c1. The summed E-state index contributed by atoms with van der Waals surface area (Å²) in [6.07, 6.45) is 0.657. The summed E-state index contributed by atoms with van der Waals surface area (Å²) in [5.41, 5.74) is 2.78. The zero-order chi connectivity index (χ0) is 21.3. The average molecular weight is 461 g/mol. The van der Waals surface area contributed by atoms with Crippen molar-refractivity contribution in [3.63, 3.8) is 0 Å². The first-order valence-electron chi connectivity index (χ1n) is 9.28. The van der Waals surface area contributed by atoms with E-state index in [9.17, 15) is 13.2 Å². The molecule has 4 rings (SSSR count). The zero-order valence-electron chi connectivity index (χ0n) is 15.8. The van der Waals surface area contributed by atoms with Crippen molar-refractivity contribution in [1.82, 2.24) is 4.31 Å². The molecule has 0 aliphatic carbocycles. The molecule has 0 bridgehead atoms. The molecular formula is C22H18Cl2N2O3S. The molecule has 1 aliphatic rings. The van der Waals surface area contributed by atoms with Gasteiger partial charge < -0.3 is 5.32 Å². The van der Waals surface area contributed by atoms with Crippen LogP contribution in [0.4, 0.5) is 5.69 Å². The smallest absolute Gasteiger partial charge is 0.255 e. The molecule has 0 atom stereocenters. The first-order chi connectivity index (χ1) is 14.3. The summed E-state index contributed by atoms with van der Waals surface area (Å²) in [7, 11) is -3.74. The second kappa shape index (κ2) is 8.40. The number of carbonyl (C=O) groups is 1. The molecule has 0 saturated carbocycles. The van der Waals surface area contributed by atoms with E-state index in [1.165, 1.54) is 22.5 Å². The van der Waals surface area contributed by atoms with Gasteiger partial charge in [-0.1, -0.05) is 53.5 Å². The van der Waals surface area contributed by atoms with Gasteiger partial charge in [-0.3, -0.25) is 4.79 Å². The Morgan fingerprint density at radius 3 is 2.47 bits per heavy atom. The predicted octanol–water partition coefficient (Wildman–Crippen LogP) is 4.99. The lowest BCUT2D eigenvalue weighted by Crippen LogP contribution is -2.36. The van der Waals surface area contributed by atoms with E-state index >= 15 is 0 Å². The Kier molecular flexibility index (Phi) is 5.84. The summed E-state index contributed by atoms with van der Waals surface area (Å²) >= 11 is 12.0. The van der Waals surface area contributed by atoms with Crippen LogP contribution in [0.3, 0.4) is 0 Å². The molecule has 0 aromatic heterocycles. The molecule has 5 nitrogen and oxygen atoms in total. The maximum Gasteiger partial charge on any atom is 0.255 e. The van der Waals surface area contributed by atoms with E-state index in [-0.39, 0.29) is 10.5 Å². The van der Waals surface area contributed by atoms with E-state index in [4.69, 9.17) is 23.2 Å². The fourth-order valence-corrected chi connectivity index (χ4v) is 5.33. The molecule has 1 heterocycles. The molecule has 0 unspecified atom stereocenters. The van der Waals surface area contributed by atoms with E-state index in [1.54, 1.807) is 24.3 Å². The normalized spacial score (nSPS) is 14.2. The third-order valence-electron chi connectivity index (χ3n) is 5.01. The maximum atomic E-state index is 13.2. The van der Waals surface area contributed by atoms with E-state index in [2.05, 4.69) is 5.32 Å². The Morgan fingerprint density at radius 1 is 0.933 bits per heavy atom. The topological polar surface area (TPSA) is 66.5 Å². The van der Waals surface area contributed by atoms with Crippen molar-refractivity contribution in [1.29, 1.82) is 0 Å². The number of fused-ring (bicyclic) bond motifs is 1. The lowest BCUT2D eigenvalue weighted by molar-refractivity contribution is 0.102. The molecule has 154 valence electrons. The number of carbonyl (C=O) groups excluding carboxylic acids is 1. The van der Waals surface area contributed by atoms with Crippen LogP contribution in [0.2, 0.25) is 10.0 Å². The predicted molar refractivity (Wildman–Crippen MR) is 119 cm³/mol. The molecular weight excluding hydrogens is 443 g/mol. The highest BCUT2D eigenvalue weighted by molar-refractivity contribution is 7.89. The minimum atomic E-state index is -3.74. The maximum absolute atomic E-state index is 13.2. The summed E-state index contributed by atoms with van der Waals surface area (Å²) in [5.74, 6) is -0.458. The monoisotopic (exact) mass is 460 g/mol. The summed E-state index contributed by atoms with van der Waals surface area (Å²) in [6.45, 7) is 0.714. The van der Waals surface area contributed by atoms with Crippen LogP contribution in [0.1, 0.15) is 21.5 Å². The highest BCUT2D eigenvalue weighted by Gasteiger charge is 2.28. The third kappa shape index (κ3) is 4.23. The lowest BCUT2D eigenvalue weighted by Gasteiger charge is -2.28. The number of rotatable bonds is 4. The van der Waals surface area contributed by atoms with Crippen LogP contribution in [0.25, 0.3) is 0 Å². The van der Waals surface area contributed by atoms with Crippen LogP contribution >= 0.6 is 23.2 Å². The van der Waals surface area contributed by atoms with E-state index in [1.807, 2.05) is 24.3 Å². The molecule has 30 heavy (non-hydrogen) atoms. The molecule has 1 N–H and O–H groups in total. The lowest BCUT2D eigenvalue weighted by atomic mass is 10.0. The first-order valence-corrected chi connectivity index (χ1v) is 11.5. The number of hydrogen-bond donors (Lipinski definition) is 1. The number of amides is 1. The molecule has 0 saturated heterocycles. The summed E-state index contributed by atoms with van der Waals surface area (Å²) < 4.78 is 27.8. The van der Waals surface area contributed by atoms with Crippen molar-refractivity contribution in [3.8, 4) is 0 Å². The van der Waals surface area contributed by atoms with Gasteiger partial charge in [0, 0.05) is 23.7 Å². The largest absolute Gasteiger partial charge is 0.321 e. The van der Waals surface area contributed by atoms with E-state index in [0.717, 1.165) is 11.1 Å². The van der Waals surface area contributed by atoms with Gasteiger partial charge in [0.1, 0.15) is 0 Å². The van der Waals surface area contributed by atoms with Crippen LogP contribution < -0.4 is 5.32 Å². The third-order valence-corrected chi connectivity index (χ3v) is 7.40. The van der Waals surface area contributed by atoms with Crippen LogP contribution in [-0.4, -0.2) is 25.2 Å². The Balaban J connectivity index is 1.57. The van der Waals surface area contributed by atoms with Crippen LogP contribution in [0, 0.1) is 0 Å². The highest BCUT2D eigenvalue weighted by Crippen LogP contribution is 2.27. The summed E-state index contributed by atoms with van der Waals surface area (Å²) in [5, 5.41) is 3.44. The molecule has 1 amide bonds. The minimum absolute atomic E-state index is 0.0803. The van der Waals surface area contributed by atoms with Crippen molar-refractivity contribution >= 4 is 44.8 Å². The summed E-state index contributed by atoms with van der Waals surface area (Å²) in [6, 6.07) is 18.5. The fourth-order valence-electron chi connectivity index (χ4n) is 3.41. The summed E-state index contributed by atoms with van der Waals surface area (Å²) in [4.78, 5) is 12.7. The van der Waals surface area contributed by atoms with Gasteiger partial charge in [-0.15, -0.1) is 0 Å². The zero-order valence-corrected chi connectivity index (χ0v) is 18.1. The van der Waals surface area contributed by atoms with Gasteiger partial charge in [-0.05, 0) is 53.9 Å². The Labute approximate surface area is 185 Å². The Bertz CT molecular complexity index is 1230. The standard InChI is InChI=1S/C22H18Cl2N2O3S/c23-18-8-9-21(20(24)13-18)25-22(27)16-6-3-7-19(12-16)30(28,29)26-11-10-15-4-1-2-5-17(15)14-26/h1-9,12-13H,10-11,14H2,(H,25,27). The molecule has 1 aliphatic heterocycles. The molecule has 8 heteroatoms. The second-order valence-electron chi connectivity index (χ2n) is 6.96. The fraction of sp³-hybridized carbons (Fsp3) is 0.136. The Hall–Kier alpha value is -2.38. The molecule has 0 fully saturated rings. The van der Waals surface area contributed by atoms with Crippen molar-refractivity contribution in [3.05, 3.63) is 93.5 Å².